The van der Waals surface area contributed by atoms with Gasteiger partial charge in [0.2, 0.25) is 0 Å². The Bertz CT molecular complexity index is 3590. The van der Waals surface area contributed by atoms with Crippen LogP contribution >= 0.6 is 0 Å². The number of hydrogen-bond donors (Lipinski definition) is 0. The second-order valence-corrected chi connectivity index (χ2v) is 11.3. The molecule has 0 nitrogen and oxygen atoms in total. The zero-order valence-corrected chi connectivity index (χ0v) is 24.0. The van der Waals surface area contributed by atoms with E-state index in [-0.39, 0.29) is 43.4 Å². The summed E-state index contributed by atoms with van der Waals surface area (Å²) in [6.07, 6.45) is 0. The maximum absolute atomic E-state index is 9.60. The maximum atomic E-state index is 9.60. The van der Waals surface area contributed by atoms with Gasteiger partial charge in [0, 0.05) is 0 Å². The number of rotatable bonds is 3. The molecular weight excluding hydrogens is 553 g/mol. The average Bonchev–Trinajstić information content (AvgIpc) is 3.27. The lowest BCUT2D eigenvalue weighted by Gasteiger charge is -2.20. The smallest absolute Gasteiger partial charge is 0.0622 e. The average molecular weight is 596 g/mol. The summed E-state index contributed by atoms with van der Waals surface area (Å²) in [6, 6.07) is 15.7. The summed E-state index contributed by atoms with van der Waals surface area (Å²) in [5.41, 5.74) is 1.63. The first kappa shape index (κ1) is 14.9. The Labute approximate surface area is 288 Å². The highest BCUT2D eigenvalue weighted by molar-refractivity contribution is 6.30. The molecule has 0 amide bonds. The minimum atomic E-state index is -0.745. The first-order chi connectivity index (χ1) is 29.1. The van der Waals surface area contributed by atoms with Crippen LogP contribution in [-0.4, -0.2) is 0 Å². The summed E-state index contributed by atoms with van der Waals surface area (Å²) in [5.74, 6) is 0. The van der Waals surface area contributed by atoms with E-state index < -0.39 is 96.2 Å². The van der Waals surface area contributed by atoms with E-state index in [2.05, 4.69) is 12.1 Å². The standard InChI is InChI=1S/C46H28/c1-3-11-29(12-4-1)36-24-22-32-19-20-33-27-35(28-34-23-25-40(36)44(32)42(33)34)45-39-18-10-9-17-38(39)43(31-14-5-2-6-15-31)41-26-21-30-13-7-8-16-37(30)46(41)45/h1-28H/i2D,5D,6D,7D,8D,9D,10D,13D,14D,15D,16D,17D,18D,21D,26D. The molecule has 10 aromatic carbocycles. The van der Waals surface area contributed by atoms with Gasteiger partial charge in [-0.25, -0.2) is 0 Å². The first-order valence-corrected chi connectivity index (χ1v) is 14.8. The summed E-state index contributed by atoms with van der Waals surface area (Å²) in [4.78, 5) is 0. The van der Waals surface area contributed by atoms with Crippen LogP contribution in [0, 0.1) is 0 Å². The second kappa shape index (κ2) is 9.76. The van der Waals surface area contributed by atoms with Gasteiger partial charge in [0.25, 0.3) is 0 Å². The molecule has 10 aromatic rings. The van der Waals surface area contributed by atoms with Gasteiger partial charge in [0.1, 0.15) is 0 Å². The van der Waals surface area contributed by atoms with Crippen LogP contribution < -0.4 is 0 Å². The van der Waals surface area contributed by atoms with E-state index >= 15 is 0 Å². The van der Waals surface area contributed by atoms with E-state index in [1.165, 1.54) is 0 Å². The van der Waals surface area contributed by atoms with Gasteiger partial charge in [0.15, 0.2) is 0 Å². The normalized spacial score (nSPS) is 16.5. The molecule has 0 saturated heterocycles. The molecule has 46 heavy (non-hydrogen) atoms. The van der Waals surface area contributed by atoms with E-state index in [4.69, 9.17) is 13.7 Å². The highest BCUT2D eigenvalue weighted by Gasteiger charge is 2.20. The molecule has 0 aromatic heterocycles. The van der Waals surface area contributed by atoms with Gasteiger partial charge >= 0.3 is 0 Å². The van der Waals surface area contributed by atoms with Crippen molar-refractivity contribution in [1.82, 2.24) is 0 Å². The summed E-state index contributed by atoms with van der Waals surface area (Å²) in [7, 11) is 0. The molecule has 0 aliphatic heterocycles. The highest BCUT2D eigenvalue weighted by Crippen LogP contribution is 2.48. The van der Waals surface area contributed by atoms with Crippen LogP contribution in [0.2, 0.25) is 0 Å². The van der Waals surface area contributed by atoms with Crippen LogP contribution in [0.5, 0.6) is 0 Å². The van der Waals surface area contributed by atoms with E-state index in [9.17, 15) is 6.85 Å². The lowest BCUT2D eigenvalue weighted by atomic mass is 9.82. The molecular formula is C46H28. The van der Waals surface area contributed by atoms with Crippen molar-refractivity contribution in [3.05, 3.63) is 169 Å². The monoisotopic (exact) mass is 595 g/mol. The highest BCUT2D eigenvalue weighted by atomic mass is 14.2. The van der Waals surface area contributed by atoms with Crippen LogP contribution in [-0.2, 0) is 0 Å². The topological polar surface area (TPSA) is 0 Å². The van der Waals surface area contributed by atoms with E-state index in [0.29, 0.717) is 5.56 Å². The Morgan fingerprint density at radius 1 is 0.326 bits per heavy atom. The van der Waals surface area contributed by atoms with Crippen LogP contribution in [0.3, 0.4) is 0 Å². The molecule has 0 heterocycles. The predicted octanol–water partition coefficient (Wildman–Crippen LogP) is 13.0. The minimum absolute atomic E-state index is 0.0622. The molecule has 0 unspecified atom stereocenters. The van der Waals surface area contributed by atoms with E-state index in [1.54, 1.807) is 0 Å². The zero-order chi connectivity index (χ0) is 43.2. The summed E-state index contributed by atoms with van der Waals surface area (Å²) < 4.78 is 135. The fourth-order valence-corrected chi connectivity index (χ4v) is 7.03. The summed E-state index contributed by atoms with van der Waals surface area (Å²) in [5, 5.41) is 4.01. The third-order valence-corrected chi connectivity index (χ3v) is 8.91. The van der Waals surface area contributed by atoms with Crippen molar-refractivity contribution in [2.45, 2.75) is 0 Å². The van der Waals surface area contributed by atoms with Crippen LogP contribution in [0.4, 0.5) is 0 Å². The van der Waals surface area contributed by atoms with Crippen molar-refractivity contribution >= 4 is 64.6 Å². The SMILES string of the molecule is [2H]c1c([2H])c([2H])c(-c2c3c([2H])c([2H])c([2H])c([2H])c3c(-c3cc4ccc5ccc(-c6ccccc6)c6ccc(c3)c4c56)c3c2c([2H])c([2H])c2c([2H])c([2H])c([2H])c([2H])c23)c([2H])c1[2H]. The molecule has 0 N–H and O–H groups in total. The van der Waals surface area contributed by atoms with Crippen molar-refractivity contribution in [1.29, 1.82) is 0 Å². The molecule has 0 atom stereocenters. The van der Waals surface area contributed by atoms with Crippen LogP contribution in [0.25, 0.3) is 98.0 Å². The van der Waals surface area contributed by atoms with Crippen molar-refractivity contribution in [3.63, 3.8) is 0 Å². The largest absolute Gasteiger partial charge is 0.0630 e. The first-order valence-electron chi connectivity index (χ1n) is 22.3. The van der Waals surface area contributed by atoms with Gasteiger partial charge in [-0.3, -0.25) is 0 Å². The molecule has 212 valence electrons. The van der Waals surface area contributed by atoms with Gasteiger partial charge < -0.3 is 0 Å². The molecule has 0 saturated carbocycles. The fourth-order valence-electron chi connectivity index (χ4n) is 7.03. The third-order valence-electron chi connectivity index (χ3n) is 8.91. The number of hydrogen-bond acceptors (Lipinski definition) is 0. The molecule has 0 spiro atoms. The van der Waals surface area contributed by atoms with Crippen molar-refractivity contribution < 1.29 is 20.6 Å². The number of benzene rings is 10. The Kier molecular flexibility index (Phi) is 3.15. The predicted molar refractivity (Wildman–Crippen MR) is 199 cm³/mol. The Morgan fingerprint density at radius 2 is 0.978 bits per heavy atom. The van der Waals surface area contributed by atoms with Gasteiger partial charge in [-0.1, -0.05) is 157 Å². The van der Waals surface area contributed by atoms with Crippen molar-refractivity contribution in [2.75, 3.05) is 0 Å². The van der Waals surface area contributed by atoms with Crippen LogP contribution in [0.1, 0.15) is 20.6 Å². The van der Waals surface area contributed by atoms with Gasteiger partial charge in [0.05, 0.1) is 20.6 Å². The lowest BCUT2D eigenvalue weighted by Crippen LogP contribution is -1.93. The quantitative estimate of drug-likeness (QED) is 0.141. The van der Waals surface area contributed by atoms with E-state index in [1.807, 2.05) is 66.7 Å². The molecule has 0 bridgehead atoms. The molecule has 10 rings (SSSR count). The Balaban J connectivity index is 1.50. The fraction of sp³-hybridized carbons (Fsp3) is 0. The van der Waals surface area contributed by atoms with Crippen LogP contribution in [0.15, 0.2) is 169 Å². The molecule has 0 heteroatoms. The number of fused-ring (bicyclic) bond motifs is 4. The summed E-state index contributed by atoms with van der Waals surface area (Å²) in [6.45, 7) is 0. The maximum Gasteiger partial charge on any atom is 0.0630 e. The third kappa shape index (κ3) is 3.62. The lowest BCUT2D eigenvalue weighted by molar-refractivity contribution is 1.66. The Morgan fingerprint density at radius 3 is 1.78 bits per heavy atom. The molecule has 0 radical (unpaired) electrons. The second-order valence-electron chi connectivity index (χ2n) is 11.3. The molecule has 0 aliphatic rings. The van der Waals surface area contributed by atoms with Crippen molar-refractivity contribution in [3.8, 4) is 33.4 Å². The minimum Gasteiger partial charge on any atom is -0.0622 e. The van der Waals surface area contributed by atoms with Gasteiger partial charge in [-0.05, 0) is 110 Å². The van der Waals surface area contributed by atoms with Gasteiger partial charge in [-0.2, -0.15) is 0 Å². The van der Waals surface area contributed by atoms with Gasteiger partial charge in [-0.15, -0.1) is 0 Å². The zero-order valence-electron chi connectivity index (χ0n) is 39.0. The Hall–Kier alpha value is -5.98. The molecule has 0 fully saturated rings. The van der Waals surface area contributed by atoms with E-state index in [0.717, 1.165) is 43.4 Å². The molecule has 0 aliphatic carbocycles. The summed E-state index contributed by atoms with van der Waals surface area (Å²) >= 11 is 0. The van der Waals surface area contributed by atoms with Crippen molar-refractivity contribution in [2.24, 2.45) is 0 Å².